The molecule has 0 aliphatic carbocycles. The number of hydrogen-bond donors (Lipinski definition) is 0. The van der Waals surface area contributed by atoms with Gasteiger partial charge >= 0.3 is 0 Å². The first kappa shape index (κ1) is 12.7. The second-order valence-corrected chi connectivity index (χ2v) is 6.04. The number of aromatic nitrogens is 1. The quantitative estimate of drug-likeness (QED) is 0.477. The zero-order chi connectivity index (χ0) is 14.2. The summed E-state index contributed by atoms with van der Waals surface area (Å²) in [6, 6.07) is 15.8. The second kappa shape index (κ2) is 5.04. The van der Waals surface area contributed by atoms with Crippen molar-refractivity contribution in [2.24, 2.45) is 0 Å². The van der Waals surface area contributed by atoms with E-state index < -0.39 is 0 Å². The number of oxazole rings is 1. The first-order chi connectivity index (χ1) is 10.3. The van der Waals surface area contributed by atoms with Crippen LogP contribution < -0.4 is 0 Å². The van der Waals surface area contributed by atoms with Gasteiger partial charge in [-0.3, -0.25) is 0 Å². The lowest BCUT2D eigenvalue weighted by atomic mass is 10.1. The summed E-state index contributed by atoms with van der Waals surface area (Å²) < 4.78 is 11.4. The van der Waals surface area contributed by atoms with Crippen molar-refractivity contribution in [1.82, 2.24) is 4.98 Å². The molecule has 4 rings (SSSR count). The minimum absolute atomic E-state index is 0.106. The Balaban J connectivity index is 1.67. The van der Waals surface area contributed by atoms with E-state index in [9.17, 15) is 0 Å². The Kier molecular flexibility index (Phi) is 3.04. The van der Waals surface area contributed by atoms with E-state index in [1.165, 1.54) is 0 Å². The van der Waals surface area contributed by atoms with E-state index in [2.05, 4.69) is 27.0 Å². The van der Waals surface area contributed by atoms with E-state index in [1.54, 1.807) is 6.26 Å². The van der Waals surface area contributed by atoms with Gasteiger partial charge in [-0.1, -0.05) is 46.3 Å². The highest BCUT2D eigenvalue weighted by Gasteiger charge is 2.17. The first-order valence-corrected chi connectivity index (χ1v) is 7.67. The molecule has 0 saturated carbocycles. The fourth-order valence-electron chi connectivity index (χ4n) is 2.51. The zero-order valence-electron chi connectivity index (χ0n) is 11.1. The van der Waals surface area contributed by atoms with Crippen LogP contribution in [0.15, 0.2) is 63.6 Å². The van der Waals surface area contributed by atoms with Crippen LogP contribution in [0.4, 0.5) is 0 Å². The molecule has 21 heavy (non-hydrogen) atoms. The molecule has 0 radical (unpaired) electrons. The maximum atomic E-state index is 5.78. The van der Waals surface area contributed by atoms with Crippen LogP contribution in [0.3, 0.4) is 0 Å². The van der Waals surface area contributed by atoms with Crippen LogP contribution in [0.25, 0.3) is 22.1 Å². The predicted molar refractivity (Wildman–Crippen MR) is 85.6 cm³/mol. The smallest absolute Gasteiger partial charge is 0.196 e. The van der Waals surface area contributed by atoms with Crippen molar-refractivity contribution in [2.45, 2.75) is 11.2 Å². The normalized spacial score (nSPS) is 13.0. The van der Waals surface area contributed by atoms with Gasteiger partial charge in [0.2, 0.25) is 0 Å². The molecule has 1 unspecified atom stereocenters. The van der Waals surface area contributed by atoms with E-state index in [0.29, 0.717) is 6.42 Å². The van der Waals surface area contributed by atoms with E-state index in [-0.39, 0.29) is 4.83 Å². The molecule has 4 heteroatoms. The lowest BCUT2D eigenvalue weighted by Gasteiger charge is -2.04. The molecule has 0 amide bonds. The molecule has 0 aliphatic heterocycles. The van der Waals surface area contributed by atoms with Crippen molar-refractivity contribution >= 4 is 38.0 Å². The summed E-state index contributed by atoms with van der Waals surface area (Å²) in [5, 5.41) is 1.12. The van der Waals surface area contributed by atoms with E-state index in [1.807, 2.05) is 42.5 Å². The largest absolute Gasteiger partial charge is 0.464 e. The van der Waals surface area contributed by atoms with Crippen LogP contribution in [0, 0.1) is 0 Å². The van der Waals surface area contributed by atoms with Crippen molar-refractivity contribution in [3.63, 3.8) is 0 Å². The Labute approximate surface area is 129 Å². The molecule has 0 spiro atoms. The Morgan fingerprint density at radius 2 is 1.76 bits per heavy atom. The topological polar surface area (TPSA) is 39.2 Å². The zero-order valence-corrected chi connectivity index (χ0v) is 12.7. The molecule has 0 N–H and O–H groups in total. The van der Waals surface area contributed by atoms with Gasteiger partial charge in [0.05, 0.1) is 11.1 Å². The summed E-state index contributed by atoms with van der Waals surface area (Å²) in [6.45, 7) is 0. The van der Waals surface area contributed by atoms with Crippen LogP contribution in [0.1, 0.15) is 16.3 Å². The molecule has 0 saturated heterocycles. The third kappa shape index (κ3) is 2.25. The van der Waals surface area contributed by atoms with Crippen molar-refractivity contribution in [2.75, 3.05) is 0 Å². The van der Waals surface area contributed by atoms with Crippen molar-refractivity contribution < 1.29 is 8.83 Å². The van der Waals surface area contributed by atoms with Crippen molar-refractivity contribution in [1.29, 1.82) is 0 Å². The number of hydrogen-bond acceptors (Lipinski definition) is 3. The molecule has 104 valence electrons. The number of rotatable bonds is 3. The number of para-hydroxylation sites is 3. The Bertz CT molecular complexity index is 876. The third-order valence-electron chi connectivity index (χ3n) is 3.54. The maximum absolute atomic E-state index is 5.78. The number of fused-ring (bicyclic) bond motifs is 2. The molecule has 0 fully saturated rings. The van der Waals surface area contributed by atoms with Gasteiger partial charge in [-0.25, -0.2) is 4.98 Å². The standard InChI is InChI=1S/C17H12BrNO2/c18-13(12-10-20-15-7-3-1-5-11(12)15)9-17-19-14-6-2-4-8-16(14)21-17/h1-8,10,13H,9H2. The maximum Gasteiger partial charge on any atom is 0.196 e. The minimum Gasteiger partial charge on any atom is -0.464 e. The van der Waals surface area contributed by atoms with E-state index in [0.717, 1.165) is 33.5 Å². The molecule has 1 atom stereocenters. The average Bonchev–Trinajstić information content (AvgIpc) is 3.10. The van der Waals surface area contributed by atoms with Crippen LogP contribution in [-0.4, -0.2) is 4.98 Å². The van der Waals surface area contributed by atoms with Gasteiger partial charge in [-0.05, 0) is 18.2 Å². The number of alkyl halides is 1. The van der Waals surface area contributed by atoms with Crippen molar-refractivity contribution in [3.8, 4) is 0 Å². The highest BCUT2D eigenvalue weighted by Crippen LogP contribution is 2.34. The van der Waals surface area contributed by atoms with Crippen LogP contribution >= 0.6 is 15.9 Å². The minimum atomic E-state index is 0.106. The van der Waals surface area contributed by atoms with E-state index >= 15 is 0 Å². The first-order valence-electron chi connectivity index (χ1n) is 6.76. The van der Waals surface area contributed by atoms with Gasteiger partial charge in [0.25, 0.3) is 0 Å². The van der Waals surface area contributed by atoms with Gasteiger partial charge < -0.3 is 8.83 Å². The average molecular weight is 342 g/mol. The highest BCUT2D eigenvalue weighted by atomic mass is 79.9. The summed E-state index contributed by atoms with van der Waals surface area (Å²) in [6.07, 6.45) is 2.48. The van der Waals surface area contributed by atoms with E-state index in [4.69, 9.17) is 8.83 Å². The Hall–Kier alpha value is -2.07. The molecular formula is C17H12BrNO2. The predicted octanol–water partition coefficient (Wildman–Crippen LogP) is 5.25. The number of benzene rings is 2. The summed E-state index contributed by atoms with van der Waals surface area (Å²) in [5.41, 5.74) is 3.73. The van der Waals surface area contributed by atoms with Gasteiger partial charge in [-0.15, -0.1) is 0 Å². The molecule has 0 bridgehead atoms. The van der Waals surface area contributed by atoms with Gasteiger partial charge in [0, 0.05) is 17.4 Å². The molecule has 2 heterocycles. The van der Waals surface area contributed by atoms with Crippen LogP contribution in [0.5, 0.6) is 0 Å². The summed E-state index contributed by atoms with van der Waals surface area (Å²) >= 11 is 3.72. The molecule has 3 nitrogen and oxygen atoms in total. The molecule has 2 aromatic carbocycles. The molecule has 0 aliphatic rings. The lowest BCUT2D eigenvalue weighted by Crippen LogP contribution is -1.94. The molecular weight excluding hydrogens is 330 g/mol. The SMILES string of the molecule is BrC(Cc1nc2ccccc2o1)c1coc2ccccc12. The Morgan fingerprint density at radius 3 is 2.62 bits per heavy atom. The monoisotopic (exact) mass is 341 g/mol. The summed E-state index contributed by atoms with van der Waals surface area (Å²) in [4.78, 5) is 4.62. The lowest BCUT2D eigenvalue weighted by molar-refractivity contribution is 0.526. The van der Waals surface area contributed by atoms with Crippen LogP contribution in [0.2, 0.25) is 0 Å². The summed E-state index contributed by atoms with van der Waals surface area (Å²) in [7, 11) is 0. The van der Waals surface area contributed by atoms with Crippen LogP contribution in [-0.2, 0) is 6.42 Å². The fraction of sp³-hybridized carbons (Fsp3) is 0.118. The van der Waals surface area contributed by atoms with Gasteiger partial charge in [-0.2, -0.15) is 0 Å². The fourth-order valence-corrected chi connectivity index (χ4v) is 3.14. The third-order valence-corrected chi connectivity index (χ3v) is 4.36. The molecule has 4 aromatic rings. The second-order valence-electron chi connectivity index (χ2n) is 4.93. The number of furan rings is 1. The molecule has 2 aromatic heterocycles. The number of halogens is 1. The number of nitrogens with zero attached hydrogens (tertiary/aromatic N) is 1. The van der Waals surface area contributed by atoms with Gasteiger partial charge in [0.15, 0.2) is 11.5 Å². The highest BCUT2D eigenvalue weighted by molar-refractivity contribution is 9.09. The Morgan fingerprint density at radius 1 is 1.00 bits per heavy atom. The van der Waals surface area contributed by atoms with Crippen molar-refractivity contribution in [3.05, 3.63) is 66.2 Å². The van der Waals surface area contributed by atoms with Gasteiger partial charge in [0.1, 0.15) is 11.1 Å². The summed E-state index contributed by atoms with van der Waals surface area (Å²) in [5.74, 6) is 0.725.